The fraction of sp³-hybridized carbons (Fsp3) is 0.769. The van der Waals surface area contributed by atoms with Crippen molar-refractivity contribution in [2.45, 2.75) is 33.7 Å². The highest BCUT2D eigenvalue weighted by Crippen LogP contribution is 2.29. The van der Waals surface area contributed by atoms with Gasteiger partial charge in [0.2, 0.25) is 0 Å². The molecule has 1 fully saturated rings. The molecule has 96 valence electrons. The predicted octanol–water partition coefficient (Wildman–Crippen LogP) is 2.73. The van der Waals surface area contributed by atoms with Crippen LogP contribution in [0.4, 0.5) is 5.13 Å². The van der Waals surface area contributed by atoms with Crippen LogP contribution in [0, 0.1) is 11.8 Å². The number of piperidine rings is 1. The van der Waals surface area contributed by atoms with Gasteiger partial charge in [-0.1, -0.05) is 20.8 Å². The van der Waals surface area contributed by atoms with Crippen molar-refractivity contribution in [2.75, 3.05) is 24.5 Å². The van der Waals surface area contributed by atoms with E-state index in [1.54, 1.807) is 0 Å². The van der Waals surface area contributed by atoms with Gasteiger partial charge >= 0.3 is 0 Å². The van der Waals surface area contributed by atoms with E-state index in [9.17, 15) is 0 Å². The van der Waals surface area contributed by atoms with E-state index in [2.05, 4.69) is 36.0 Å². The predicted molar refractivity (Wildman–Crippen MR) is 74.7 cm³/mol. The van der Waals surface area contributed by atoms with Gasteiger partial charge < -0.3 is 10.2 Å². The van der Waals surface area contributed by atoms with Crippen LogP contribution in [0.15, 0.2) is 6.20 Å². The minimum Gasteiger partial charge on any atom is -0.348 e. The van der Waals surface area contributed by atoms with Crippen molar-refractivity contribution in [3.8, 4) is 0 Å². The minimum atomic E-state index is 0.792. The van der Waals surface area contributed by atoms with E-state index in [-0.39, 0.29) is 0 Å². The van der Waals surface area contributed by atoms with Crippen LogP contribution in [0.2, 0.25) is 0 Å². The Morgan fingerprint density at radius 3 is 2.76 bits per heavy atom. The van der Waals surface area contributed by atoms with E-state index in [1.165, 1.54) is 29.5 Å². The molecule has 2 heterocycles. The molecule has 17 heavy (non-hydrogen) atoms. The Morgan fingerprint density at radius 1 is 1.41 bits per heavy atom. The largest absolute Gasteiger partial charge is 0.348 e. The summed E-state index contributed by atoms with van der Waals surface area (Å²) >= 11 is 1.84. The van der Waals surface area contributed by atoms with Crippen molar-refractivity contribution in [1.29, 1.82) is 0 Å². The van der Waals surface area contributed by atoms with Gasteiger partial charge in [-0.15, -0.1) is 11.3 Å². The lowest BCUT2D eigenvalue weighted by atomic mass is 9.92. The highest BCUT2D eigenvalue weighted by molar-refractivity contribution is 7.15. The maximum Gasteiger partial charge on any atom is 0.185 e. The van der Waals surface area contributed by atoms with E-state index in [0.717, 1.165) is 24.9 Å². The smallest absolute Gasteiger partial charge is 0.185 e. The molecule has 0 radical (unpaired) electrons. The van der Waals surface area contributed by atoms with E-state index in [1.807, 2.05) is 17.5 Å². The Kier molecular flexibility index (Phi) is 4.40. The third kappa shape index (κ3) is 3.42. The van der Waals surface area contributed by atoms with Crippen molar-refractivity contribution < 1.29 is 0 Å². The second-order valence-electron chi connectivity index (χ2n) is 5.24. The van der Waals surface area contributed by atoms with Crippen molar-refractivity contribution in [1.82, 2.24) is 10.3 Å². The highest BCUT2D eigenvalue weighted by Gasteiger charge is 2.23. The molecule has 3 nitrogen and oxygen atoms in total. The second kappa shape index (κ2) is 5.83. The summed E-state index contributed by atoms with van der Waals surface area (Å²) in [6.07, 6.45) is 3.37. The van der Waals surface area contributed by atoms with Gasteiger partial charge in [0.15, 0.2) is 5.13 Å². The molecule has 1 aliphatic rings. The summed E-state index contributed by atoms with van der Waals surface area (Å²) in [5, 5.41) is 4.56. The molecule has 0 aromatic carbocycles. The maximum atomic E-state index is 4.57. The van der Waals surface area contributed by atoms with E-state index in [4.69, 9.17) is 0 Å². The zero-order valence-corrected chi connectivity index (χ0v) is 11.9. The molecule has 2 rings (SSSR count). The summed E-state index contributed by atoms with van der Waals surface area (Å²) in [7, 11) is 0. The van der Waals surface area contributed by atoms with Gasteiger partial charge in [0.1, 0.15) is 0 Å². The molecule has 1 aromatic rings. The lowest BCUT2D eigenvalue weighted by Gasteiger charge is -2.34. The normalized spacial score (nSPS) is 25.2. The lowest BCUT2D eigenvalue weighted by Crippen LogP contribution is -2.38. The number of hydrogen-bond acceptors (Lipinski definition) is 4. The molecular formula is C13H23N3S. The van der Waals surface area contributed by atoms with E-state index >= 15 is 0 Å². The van der Waals surface area contributed by atoms with Gasteiger partial charge in [-0.2, -0.15) is 0 Å². The summed E-state index contributed by atoms with van der Waals surface area (Å²) in [5.74, 6) is 1.58. The molecule has 0 bridgehead atoms. The molecule has 4 heteroatoms. The van der Waals surface area contributed by atoms with Crippen LogP contribution < -0.4 is 10.2 Å². The summed E-state index contributed by atoms with van der Waals surface area (Å²) < 4.78 is 0. The average molecular weight is 253 g/mol. The molecule has 0 amide bonds. The summed E-state index contributed by atoms with van der Waals surface area (Å²) in [6, 6.07) is 0. The Labute approximate surface area is 108 Å². The monoisotopic (exact) mass is 253 g/mol. The van der Waals surface area contributed by atoms with Crippen LogP contribution in [0.5, 0.6) is 0 Å². The third-order valence-corrected chi connectivity index (χ3v) is 4.29. The standard InChI is InChI=1S/C13H23N3S/c1-4-14-6-12-7-15-13(17-12)16-8-10(2)5-11(3)9-16/h7,10-11,14H,4-6,8-9H2,1-3H3. The topological polar surface area (TPSA) is 28.2 Å². The van der Waals surface area contributed by atoms with Crippen LogP contribution in [-0.2, 0) is 6.54 Å². The first-order chi connectivity index (χ1) is 8.19. The Morgan fingerprint density at radius 2 is 2.12 bits per heavy atom. The van der Waals surface area contributed by atoms with Gasteiger partial charge in [-0.3, -0.25) is 0 Å². The van der Waals surface area contributed by atoms with Crippen molar-refractivity contribution in [3.05, 3.63) is 11.1 Å². The number of nitrogens with one attached hydrogen (secondary N) is 1. The van der Waals surface area contributed by atoms with Crippen molar-refractivity contribution in [2.24, 2.45) is 11.8 Å². The zero-order chi connectivity index (χ0) is 12.3. The maximum absolute atomic E-state index is 4.57. The molecule has 0 aliphatic carbocycles. The zero-order valence-electron chi connectivity index (χ0n) is 11.1. The molecular weight excluding hydrogens is 230 g/mol. The number of nitrogens with zero attached hydrogens (tertiary/aromatic N) is 2. The molecule has 1 N–H and O–H groups in total. The number of hydrogen-bond donors (Lipinski definition) is 1. The van der Waals surface area contributed by atoms with Gasteiger partial charge in [-0.05, 0) is 24.8 Å². The summed E-state index contributed by atoms with van der Waals surface area (Å²) in [5.41, 5.74) is 0. The second-order valence-corrected chi connectivity index (χ2v) is 6.33. The fourth-order valence-electron chi connectivity index (χ4n) is 2.59. The van der Waals surface area contributed by atoms with Crippen LogP contribution in [0.3, 0.4) is 0 Å². The lowest BCUT2D eigenvalue weighted by molar-refractivity contribution is 0.356. The third-order valence-electron chi connectivity index (χ3n) is 3.23. The SMILES string of the molecule is CCNCc1cnc(N2CC(C)CC(C)C2)s1. The molecule has 0 spiro atoms. The van der Waals surface area contributed by atoms with Crippen molar-refractivity contribution in [3.63, 3.8) is 0 Å². The van der Waals surface area contributed by atoms with Gasteiger partial charge in [0.25, 0.3) is 0 Å². The minimum absolute atomic E-state index is 0.792. The number of rotatable bonds is 4. The molecule has 1 saturated heterocycles. The number of aromatic nitrogens is 1. The van der Waals surface area contributed by atoms with Gasteiger partial charge in [0, 0.05) is 30.7 Å². The van der Waals surface area contributed by atoms with E-state index < -0.39 is 0 Å². The summed E-state index contributed by atoms with van der Waals surface area (Å²) in [4.78, 5) is 8.36. The van der Waals surface area contributed by atoms with E-state index in [0.29, 0.717) is 0 Å². The highest BCUT2D eigenvalue weighted by atomic mass is 32.1. The first kappa shape index (κ1) is 12.8. The van der Waals surface area contributed by atoms with Crippen LogP contribution >= 0.6 is 11.3 Å². The fourth-order valence-corrected chi connectivity index (χ4v) is 3.49. The van der Waals surface area contributed by atoms with Gasteiger partial charge in [0.05, 0.1) is 0 Å². The molecule has 0 saturated carbocycles. The van der Waals surface area contributed by atoms with Crippen molar-refractivity contribution >= 4 is 16.5 Å². The summed E-state index contributed by atoms with van der Waals surface area (Å²) in [6.45, 7) is 11.1. The van der Waals surface area contributed by atoms with Crippen LogP contribution in [0.1, 0.15) is 32.1 Å². The quantitative estimate of drug-likeness (QED) is 0.894. The Balaban J connectivity index is 1.98. The molecule has 2 atom stereocenters. The average Bonchev–Trinajstić information content (AvgIpc) is 2.73. The Bertz CT molecular complexity index is 340. The van der Waals surface area contributed by atoms with Gasteiger partial charge in [-0.25, -0.2) is 4.98 Å². The first-order valence-electron chi connectivity index (χ1n) is 6.59. The number of anilines is 1. The van der Waals surface area contributed by atoms with Crippen LogP contribution in [-0.4, -0.2) is 24.6 Å². The molecule has 1 aliphatic heterocycles. The van der Waals surface area contributed by atoms with Crippen LogP contribution in [0.25, 0.3) is 0 Å². The Hall–Kier alpha value is -0.610. The molecule has 2 unspecified atom stereocenters. The first-order valence-corrected chi connectivity index (χ1v) is 7.41. The number of thiazole rings is 1. The molecule has 1 aromatic heterocycles.